The van der Waals surface area contributed by atoms with Crippen LogP contribution in [0.3, 0.4) is 0 Å². The second kappa shape index (κ2) is 7.36. The van der Waals surface area contributed by atoms with E-state index < -0.39 is 0 Å². The van der Waals surface area contributed by atoms with Gasteiger partial charge < -0.3 is 5.11 Å². The predicted octanol–water partition coefficient (Wildman–Crippen LogP) is 2.37. The number of rotatable bonds is 8. The van der Waals surface area contributed by atoms with Gasteiger partial charge in [0.15, 0.2) is 0 Å². The molecule has 110 valence electrons. The van der Waals surface area contributed by atoms with Gasteiger partial charge in [0.2, 0.25) is 0 Å². The number of aliphatic hydroxyl groups excluding tert-OH is 1. The van der Waals surface area contributed by atoms with Crippen LogP contribution >= 0.6 is 0 Å². The van der Waals surface area contributed by atoms with Crippen molar-refractivity contribution in [3.8, 4) is 0 Å². The number of aliphatic hydroxyl groups is 1. The van der Waals surface area contributed by atoms with Crippen LogP contribution in [0.5, 0.6) is 0 Å². The second-order valence-corrected chi connectivity index (χ2v) is 5.33. The van der Waals surface area contributed by atoms with E-state index in [4.69, 9.17) is 5.11 Å². The molecule has 0 spiro atoms. The molecule has 5 heteroatoms. The summed E-state index contributed by atoms with van der Waals surface area (Å²) in [7, 11) is 0. The molecule has 0 saturated heterocycles. The van der Waals surface area contributed by atoms with Crippen LogP contribution in [0.1, 0.15) is 31.2 Å². The molecule has 2 rings (SSSR count). The first kappa shape index (κ1) is 14.9. The van der Waals surface area contributed by atoms with Crippen molar-refractivity contribution < 1.29 is 10.0 Å². The van der Waals surface area contributed by atoms with Crippen LogP contribution in [0.25, 0.3) is 0 Å². The maximum absolute atomic E-state index is 11.0. The Morgan fingerprint density at radius 2 is 2.05 bits per heavy atom. The SMILES string of the molecule is O=[N+]([O-])c1ccccc1CCN(CCCO)C1CCC1. The van der Waals surface area contributed by atoms with E-state index in [0.29, 0.717) is 12.5 Å². The molecule has 0 unspecified atom stereocenters. The molecule has 0 radical (unpaired) electrons. The van der Waals surface area contributed by atoms with Gasteiger partial charge in [-0.05, 0) is 25.7 Å². The maximum Gasteiger partial charge on any atom is 0.272 e. The lowest BCUT2D eigenvalue weighted by atomic mass is 9.91. The van der Waals surface area contributed by atoms with Crippen LogP contribution in [-0.2, 0) is 6.42 Å². The van der Waals surface area contributed by atoms with E-state index in [2.05, 4.69) is 4.90 Å². The van der Waals surface area contributed by atoms with Crippen LogP contribution in [0.2, 0.25) is 0 Å². The van der Waals surface area contributed by atoms with E-state index in [1.54, 1.807) is 12.1 Å². The Hall–Kier alpha value is -1.46. The average molecular weight is 278 g/mol. The van der Waals surface area contributed by atoms with Crippen molar-refractivity contribution in [2.75, 3.05) is 19.7 Å². The van der Waals surface area contributed by atoms with Gasteiger partial charge in [0.25, 0.3) is 5.69 Å². The van der Waals surface area contributed by atoms with Gasteiger partial charge in [0.1, 0.15) is 0 Å². The molecule has 1 saturated carbocycles. The number of benzene rings is 1. The lowest BCUT2D eigenvalue weighted by Gasteiger charge is -2.37. The minimum absolute atomic E-state index is 0.203. The number of para-hydroxylation sites is 1. The van der Waals surface area contributed by atoms with Crippen molar-refractivity contribution in [2.24, 2.45) is 0 Å². The van der Waals surface area contributed by atoms with Crippen molar-refractivity contribution in [1.82, 2.24) is 4.90 Å². The highest BCUT2D eigenvalue weighted by Crippen LogP contribution is 2.26. The molecular formula is C15H22N2O3. The summed E-state index contributed by atoms with van der Waals surface area (Å²) in [6, 6.07) is 7.56. The smallest absolute Gasteiger partial charge is 0.272 e. The molecule has 1 fully saturated rings. The van der Waals surface area contributed by atoms with E-state index in [1.807, 2.05) is 12.1 Å². The summed E-state index contributed by atoms with van der Waals surface area (Å²) in [5.41, 5.74) is 1.01. The molecule has 1 aliphatic carbocycles. The first-order valence-corrected chi connectivity index (χ1v) is 7.29. The summed E-state index contributed by atoms with van der Waals surface area (Å²) in [5, 5.41) is 20.0. The number of hydrogen-bond acceptors (Lipinski definition) is 4. The number of nitro groups is 1. The summed E-state index contributed by atoms with van der Waals surface area (Å²) in [4.78, 5) is 13.1. The second-order valence-electron chi connectivity index (χ2n) is 5.33. The van der Waals surface area contributed by atoms with E-state index in [1.165, 1.54) is 19.3 Å². The van der Waals surface area contributed by atoms with Crippen LogP contribution < -0.4 is 0 Å². The maximum atomic E-state index is 11.0. The Morgan fingerprint density at radius 1 is 1.30 bits per heavy atom. The van der Waals surface area contributed by atoms with Gasteiger partial charge in [0, 0.05) is 37.4 Å². The molecule has 1 aliphatic rings. The van der Waals surface area contributed by atoms with Gasteiger partial charge >= 0.3 is 0 Å². The largest absolute Gasteiger partial charge is 0.396 e. The Morgan fingerprint density at radius 3 is 2.65 bits per heavy atom. The Kier molecular flexibility index (Phi) is 5.49. The first-order chi connectivity index (χ1) is 9.72. The number of nitro benzene ring substituents is 1. The number of nitrogens with zero attached hydrogens (tertiary/aromatic N) is 2. The number of hydrogen-bond donors (Lipinski definition) is 1. The van der Waals surface area contributed by atoms with E-state index >= 15 is 0 Å². The normalized spacial score (nSPS) is 15.3. The fourth-order valence-corrected chi connectivity index (χ4v) is 2.67. The summed E-state index contributed by atoms with van der Waals surface area (Å²) in [5.74, 6) is 0. The summed E-state index contributed by atoms with van der Waals surface area (Å²) in [6.45, 7) is 1.91. The van der Waals surface area contributed by atoms with Gasteiger partial charge in [-0.3, -0.25) is 15.0 Å². The lowest BCUT2D eigenvalue weighted by molar-refractivity contribution is -0.385. The third kappa shape index (κ3) is 3.77. The zero-order valence-corrected chi connectivity index (χ0v) is 11.7. The average Bonchev–Trinajstić information content (AvgIpc) is 2.39. The minimum Gasteiger partial charge on any atom is -0.396 e. The summed E-state index contributed by atoms with van der Waals surface area (Å²) in [6.07, 6.45) is 5.16. The monoisotopic (exact) mass is 278 g/mol. The molecule has 1 aromatic rings. The van der Waals surface area contributed by atoms with Crippen LogP contribution in [0.4, 0.5) is 5.69 Å². The Labute approximate surface area is 119 Å². The predicted molar refractivity (Wildman–Crippen MR) is 77.7 cm³/mol. The van der Waals surface area contributed by atoms with Crippen molar-refractivity contribution in [3.05, 3.63) is 39.9 Å². The molecule has 0 heterocycles. The molecule has 5 nitrogen and oxygen atoms in total. The van der Waals surface area contributed by atoms with Crippen molar-refractivity contribution in [1.29, 1.82) is 0 Å². The molecule has 0 aromatic heterocycles. The van der Waals surface area contributed by atoms with Gasteiger partial charge in [-0.1, -0.05) is 24.6 Å². The van der Waals surface area contributed by atoms with Crippen molar-refractivity contribution in [3.63, 3.8) is 0 Å². The van der Waals surface area contributed by atoms with Crippen LogP contribution in [-0.4, -0.2) is 40.7 Å². The third-order valence-corrected chi connectivity index (χ3v) is 4.05. The van der Waals surface area contributed by atoms with Crippen molar-refractivity contribution >= 4 is 5.69 Å². The molecule has 0 bridgehead atoms. The highest BCUT2D eigenvalue weighted by molar-refractivity contribution is 5.39. The highest BCUT2D eigenvalue weighted by atomic mass is 16.6. The molecule has 0 amide bonds. The van der Waals surface area contributed by atoms with Crippen LogP contribution in [0.15, 0.2) is 24.3 Å². The quantitative estimate of drug-likeness (QED) is 0.585. The van der Waals surface area contributed by atoms with Crippen LogP contribution in [0, 0.1) is 10.1 Å². The zero-order valence-electron chi connectivity index (χ0n) is 11.7. The molecule has 0 atom stereocenters. The molecule has 1 aromatic carbocycles. The lowest BCUT2D eigenvalue weighted by Crippen LogP contribution is -2.42. The standard InChI is InChI=1S/C15H22N2O3/c18-12-4-10-16(14-6-3-7-14)11-9-13-5-1-2-8-15(13)17(19)20/h1-2,5,8,14,18H,3-4,6-7,9-12H2. The van der Waals surface area contributed by atoms with E-state index in [9.17, 15) is 10.1 Å². The highest BCUT2D eigenvalue weighted by Gasteiger charge is 2.24. The summed E-state index contributed by atoms with van der Waals surface area (Å²) < 4.78 is 0. The fourth-order valence-electron chi connectivity index (χ4n) is 2.67. The first-order valence-electron chi connectivity index (χ1n) is 7.29. The molecule has 0 aliphatic heterocycles. The zero-order chi connectivity index (χ0) is 14.4. The van der Waals surface area contributed by atoms with E-state index in [0.717, 1.165) is 25.1 Å². The molecule has 20 heavy (non-hydrogen) atoms. The summed E-state index contributed by atoms with van der Waals surface area (Å²) >= 11 is 0. The fraction of sp³-hybridized carbons (Fsp3) is 0.600. The van der Waals surface area contributed by atoms with Gasteiger partial charge in [-0.2, -0.15) is 0 Å². The van der Waals surface area contributed by atoms with E-state index in [-0.39, 0.29) is 17.2 Å². The Balaban J connectivity index is 1.96. The third-order valence-electron chi connectivity index (χ3n) is 4.05. The van der Waals surface area contributed by atoms with Gasteiger partial charge in [-0.25, -0.2) is 0 Å². The topological polar surface area (TPSA) is 66.6 Å². The Bertz CT molecular complexity index is 446. The van der Waals surface area contributed by atoms with Gasteiger partial charge in [-0.15, -0.1) is 0 Å². The minimum atomic E-state index is -0.309. The molecule has 1 N–H and O–H groups in total. The molecular weight excluding hydrogens is 256 g/mol. The van der Waals surface area contributed by atoms with Gasteiger partial charge in [0.05, 0.1) is 4.92 Å². The van der Waals surface area contributed by atoms with Crippen molar-refractivity contribution in [2.45, 2.75) is 38.1 Å².